The fourth-order valence-corrected chi connectivity index (χ4v) is 4.68. The molecule has 1 rings (SSSR count). The van der Waals surface area contributed by atoms with Crippen molar-refractivity contribution in [2.45, 2.75) is 105 Å². The minimum absolute atomic E-state index is 0.0148. The summed E-state index contributed by atoms with van der Waals surface area (Å²) >= 11 is 0. The van der Waals surface area contributed by atoms with E-state index in [9.17, 15) is 19.5 Å². The standard InChI is InChI=1S/C33H58N4O7/c1-10-11-15-34-30(40)26(23(4)5)20-28(38)27(37-32(41)44-33(6,7)8)19-24(22(2)3)21-36-29(39)25-14-12-16-35-31(25)43-18-13-17-42-9/h12,14,16,22-24,26-28,38H,10-11,13,15,17-21H2,1-9H3,(H,34,40)(H,36,39)(H,37,41). The normalized spacial score (nSPS) is 14.5. The van der Waals surface area contributed by atoms with Crippen molar-refractivity contribution in [2.75, 3.05) is 33.4 Å². The molecule has 1 aromatic rings. The summed E-state index contributed by atoms with van der Waals surface area (Å²) in [5.41, 5.74) is -0.401. The number of pyridine rings is 1. The number of ether oxygens (including phenoxy) is 3. The maximum Gasteiger partial charge on any atom is 0.407 e. The number of aliphatic hydroxyl groups is 1. The van der Waals surface area contributed by atoms with Crippen molar-refractivity contribution in [3.8, 4) is 5.88 Å². The van der Waals surface area contributed by atoms with Crippen LogP contribution in [-0.4, -0.2) is 79.2 Å². The number of alkyl carbamates (subject to hydrolysis) is 1. The third-order valence-corrected chi connectivity index (χ3v) is 7.40. The fraction of sp³-hybridized carbons (Fsp3) is 0.758. The number of aromatic nitrogens is 1. The summed E-state index contributed by atoms with van der Waals surface area (Å²) < 4.78 is 16.3. The second-order valence-corrected chi connectivity index (χ2v) is 13.1. The number of hydrogen-bond acceptors (Lipinski definition) is 8. The minimum atomic E-state index is -1.02. The molecule has 0 aliphatic rings. The SMILES string of the molecule is CCCCNC(=O)C(CC(O)C(CC(CNC(=O)c1cccnc1OCCCOC)C(C)C)NC(=O)OC(C)(C)C)C(C)C. The minimum Gasteiger partial charge on any atom is -0.477 e. The maximum absolute atomic E-state index is 13.2. The van der Waals surface area contributed by atoms with Gasteiger partial charge in [0.05, 0.1) is 18.8 Å². The Balaban J connectivity index is 3.09. The van der Waals surface area contributed by atoms with Gasteiger partial charge in [-0.1, -0.05) is 41.0 Å². The van der Waals surface area contributed by atoms with Crippen LogP contribution < -0.4 is 20.7 Å². The average Bonchev–Trinajstić information content (AvgIpc) is 2.94. The number of methoxy groups -OCH3 is 1. The number of hydrogen-bond donors (Lipinski definition) is 4. The van der Waals surface area contributed by atoms with Gasteiger partial charge < -0.3 is 35.3 Å². The molecule has 1 heterocycles. The van der Waals surface area contributed by atoms with E-state index in [0.717, 1.165) is 12.8 Å². The highest BCUT2D eigenvalue weighted by molar-refractivity contribution is 5.96. The van der Waals surface area contributed by atoms with E-state index in [4.69, 9.17) is 14.2 Å². The molecule has 0 bridgehead atoms. The Morgan fingerprint density at radius 3 is 2.30 bits per heavy atom. The Morgan fingerprint density at radius 2 is 1.70 bits per heavy atom. The van der Waals surface area contributed by atoms with Crippen molar-refractivity contribution < 1.29 is 33.7 Å². The predicted molar refractivity (Wildman–Crippen MR) is 172 cm³/mol. The second kappa shape index (κ2) is 20.2. The van der Waals surface area contributed by atoms with E-state index in [-0.39, 0.29) is 41.9 Å². The molecule has 0 fully saturated rings. The van der Waals surface area contributed by atoms with Crippen molar-refractivity contribution in [3.63, 3.8) is 0 Å². The number of nitrogens with zero attached hydrogens (tertiary/aromatic N) is 1. The van der Waals surface area contributed by atoms with Crippen LogP contribution in [-0.2, 0) is 14.3 Å². The molecule has 3 amide bonds. The van der Waals surface area contributed by atoms with Crippen LogP contribution in [0.25, 0.3) is 0 Å². The highest BCUT2D eigenvalue weighted by Gasteiger charge is 2.33. The first kappa shape index (κ1) is 39.1. The lowest BCUT2D eigenvalue weighted by Gasteiger charge is -2.33. The summed E-state index contributed by atoms with van der Waals surface area (Å²) in [5, 5.41) is 20.3. The molecule has 4 unspecified atom stereocenters. The van der Waals surface area contributed by atoms with Crippen LogP contribution in [0.5, 0.6) is 5.88 Å². The molecule has 252 valence electrons. The monoisotopic (exact) mass is 622 g/mol. The topological polar surface area (TPSA) is 148 Å². The van der Waals surface area contributed by atoms with Gasteiger partial charge in [-0.3, -0.25) is 9.59 Å². The van der Waals surface area contributed by atoms with Gasteiger partial charge in [-0.15, -0.1) is 0 Å². The molecule has 4 atom stereocenters. The van der Waals surface area contributed by atoms with Gasteiger partial charge in [0.25, 0.3) is 5.91 Å². The summed E-state index contributed by atoms with van der Waals surface area (Å²) in [4.78, 5) is 43.3. The smallest absolute Gasteiger partial charge is 0.407 e. The van der Waals surface area contributed by atoms with Gasteiger partial charge in [0.2, 0.25) is 11.8 Å². The average molecular weight is 623 g/mol. The number of unbranched alkanes of at least 4 members (excludes halogenated alkanes) is 1. The maximum atomic E-state index is 13.2. The van der Waals surface area contributed by atoms with E-state index in [0.29, 0.717) is 44.7 Å². The zero-order chi connectivity index (χ0) is 33.3. The van der Waals surface area contributed by atoms with E-state index in [2.05, 4.69) is 27.9 Å². The quantitative estimate of drug-likeness (QED) is 0.153. The lowest BCUT2D eigenvalue weighted by molar-refractivity contribution is -0.127. The molecule has 0 aliphatic carbocycles. The van der Waals surface area contributed by atoms with Crippen molar-refractivity contribution in [3.05, 3.63) is 23.9 Å². The summed E-state index contributed by atoms with van der Waals surface area (Å²) in [7, 11) is 1.62. The van der Waals surface area contributed by atoms with Gasteiger partial charge in [0, 0.05) is 45.3 Å². The van der Waals surface area contributed by atoms with Crippen LogP contribution >= 0.6 is 0 Å². The van der Waals surface area contributed by atoms with Crippen LogP contribution in [0.15, 0.2) is 18.3 Å². The molecule has 0 spiro atoms. The van der Waals surface area contributed by atoms with Crippen LogP contribution in [0.3, 0.4) is 0 Å². The number of aliphatic hydroxyl groups excluding tert-OH is 1. The van der Waals surface area contributed by atoms with E-state index >= 15 is 0 Å². The highest BCUT2D eigenvalue weighted by atomic mass is 16.6. The molecule has 0 saturated carbocycles. The summed E-state index contributed by atoms with van der Waals surface area (Å²) in [6.45, 7) is 17.1. The number of nitrogens with one attached hydrogen (secondary N) is 3. The molecular weight excluding hydrogens is 564 g/mol. The second-order valence-electron chi connectivity index (χ2n) is 13.1. The van der Waals surface area contributed by atoms with Crippen molar-refractivity contribution in [2.24, 2.45) is 23.7 Å². The number of carbonyl (C=O) groups excluding carboxylic acids is 3. The Bertz CT molecular complexity index is 997. The molecule has 11 nitrogen and oxygen atoms in total. The highest BCUT2D eigenvalue weighted by Crippen LogP contribution is 2.25. The van der Waals surface area contributed by atoms with E-state index in [1.807, 2.05) is 27.7 Å². The molecule has 11 heteroatoms. The molecular formula is C33H58N4O7. The Kier molecular flexibility index (Phi) is 17.9. The van der Waals surface area contributed by atoms with Crippen molar-refractivity contribution in [1.29, 1.82) is 0 Å². The van der Waals surface area contributed by atoms with Gasteiger partial charge in [-0.05, 0) is 69.9 Å². The van der Waals surface area contributed by atoms with Gasteiger partial charge in [-0.2, -0.15) is 0 Å². The Morgan fingerprint density at radius 1 is 1.00 bits per heavy atom. The Hall–Kier alpha value is -2.92. The number of carbonyl (C=O) groups is 3. The van der Waals surface area contributed by atoms with Crippen LogP contribution in [0.2, 0.25) is 0 Å². The summed E-state index contributed by atoms with van der Waals surface area (Å²) in [6, 6.07) is 2.63. The van der Waals surface area contributed by atoms with E-state index in [1.54, 1.807) is 46.2 Å². The largest absolute Gasteiger partial charge is 0.477 e. The lowest BCUT2D eigenvalue weighted by Crippen LogP contribution is -2.49. The zero-order valence-corrected chi connectivity index (χ0v) is 28.4. The van der Waals surface area contributed by atoms with Crippen LogP contribution in [0, 0.1) is 23.7 Å². The van der Waals surface area contributed by atoms with Crippen LogP contribution in [0.4, 0.5) is 4.79 Å². The van der Waals surface area contributed by atoms with Crippen molar-refractivity contribution >= 4 is 17.9 Å². The first-order chi connectivity index (χ1) is 20.7. The lowest BCUT2D eigenvalue weighted by atomic mass is 9.82. The molecule has 4 N–H and O–H groups in total. The van der Waals surface area contributed by atoms with E-state index in [1.165, 1.54) is 0 Å². The van der Waals surface area contributed by atoms with Gasteiger partial charge in [-0.25, -0.2) is 9.78 Å². The zero-order valence-electron chi connectivity index (χ0n) is 28.4. The van der Waals surface area contributed by atoms with Crippen LogP contribution in [0.1, 0.15) is 97.9 Å². The van der Waals surface area contributed by atoms with Gasteiger partial charge in [0.1, 0.15) is 11.2 Å². The summed E-state index contributed by atoms with van der Waals surface area (Å²) in [5.74, 6) is -0.651. The molecule has 0 aromatic carbocycles. The molecule has 0 saturated heterocycles. The Labute approximate surface area is 264 Å². The fourth-order valence-electron chi connectivity index (χ4n) is 4.68. The number of rotatable bonds is 20. The van der Waals surface area contributed by atoms with Gasteiger partial charge >= 0.3 is 6.09 Å². The molecule has 0 radical (unpaired) electrons. The van der Waals surface area contributed by atoms with E-state index < -0.39 is 29.8 Å². The third-order valence-electron chi connectivity index (χ3n) is 7.40. The number of amides is 3. The molecule has 0 aliphatic heterocycles. The predicted octanol–water partition coefficient (Wildman–Crippen LogP) is 4.72. The summed E-state index contributed by atoms with van der Waals surface area (Å²) in [6.07, 6.45) is 2.94. The molecule has 44 heavy (non-hydrogen) atoms. The first-order valence-corrected chi connectivity index (χ1v) is 16.0. The third kappa shape index (κ3) is 15.2. The van der Waals surface area contributed by atoms with Gasteiger partial charge in [0.15, 0.2) is 0 Å². The van der Waals surface area contributed by atoms with Crippen molar-refractivity contribution in [1.82, 2.24) is 20.9 Å². The first-order valence-electron chi connectivity index (χ1n) is 16.0. The molecule has 1 aromatic heterocycles.